The largest absolute Gasteiger partial charge is 0.497 e. The Morgan fingerprint density at radius 3 is 2.28 bits per heavy atom. The lowest BCUT2D eigenvalue weighted by Crippen LogP contribution is -2.25. The lowest BCUT2D eigenvalue weighted by molar-refractivity contribution is -0.199. The number of hydrogen-bond donors (Lipinski definition) is 1. The van der Waals surface area contributed by atoms with Crippen LogP contribution in [-0.4, -0.2) is 25.1 Å². The third kappa shape index (κ3) is 3.65. The van der Waals surface area contributed by atoms with E-state index in [1.807, 2.05) is 0 Å². The maximum atomic E-state index is 11.8. The van der Waals surface area contributed by atoms with Crippen molar-refractivity contribution in [2.45, 2.75) is 6.18 Å². The molecule has 0 saturated carbocycles. The highest BCUT2D eigenvalue weighted by Gasteiger charge is 2.41. The fourth-order valence-corrected chi connectivity index (χ4v) is 0.957. The van der Waals surface area contributed by atoms with E-state index < -0.39 is 12.1 Å². The number of nitrogens with zero attached hydrogens (tertiary/aromatic N) is 1. The SMILES string of the molecule is COc1ccc(/C(N)=N/OC(=O)C(F)(F)F)cc1. The summed E-state index contributed by atoms with van der Waals surface area (Å²) in [7, 11) is 1.46. The van der Waals surface area contributed by atoms with Crippen LogP contribution in [0.5, 0.6) is 5.75 Å². The van der Waals surface area contributed by atoms with E-state index in [0.29, 0.717) is 11.3 Å². The fraction of sp³-hybridized carbons (Fsp3) is 0.200. The molecule has 0 fully saturated rings. The van der Waals surface area contributed by atoms with Crippen molar-refractivity contribution >= 4 is 11.8 Å². The molecular weight excluding hydrogens is 253 g/mol. The summed E-state index contributed by atoms with van der Waals surface area (Å²) in [6, 6.07) is 5.98. The summed E-state index contributed by atoms with van der Waals surface area (Å²) in [4.78, 5) is 14.0. The summed E-state index contributed by atoms with van der Waals surface area (Å²) >= 11 is 0. The standard InChI is InChI=1S/C10H9F3N2O3/c1-17-7-4-2-6(3-5-7)8(14)15-18-9(16)10(11,12)13/h2-5H,1H3,(H2,14,15). The molecule has 0 aromatic heterocycles. The molecule has 0 atom stereocenters. The van der Waals surface area contributed by atoms with Crippen LogP contribution in [-0.2, 0) is 9.63 Å². The molecule has 0 radical (unpaired) electrons. The lowest BCUT2D eigenvalue weighted by Gasteiger charge is -2.04. The van der Waals surface area contributed by atoms with E-state index in [2.05, 4.69) is 9.99 Å². The van der Waals surface area contributed by atoms with Gasteiger partial charge in [-0.2, -0.15) is 13.2 Å². The molecule has 0 aliphatic carbocycles. The van der Waals surface area contributed by atoms with Crippen LogP contribution in [0.2, 0.25) is 0 Å². The average Bonchev–Trinajstić information content (AvgIpc) is 2.34. The van der Waals surface area contributed by atoms with E-state index >= 15 is 0 Å². The van der Waals surface area contributed by atoms with Gasteiger partial charge in [0.25, 0.3) is 0 Å². The van der Waals surface area contributed by atoms with E-state index in [4.69, 9.17) is 10.5 Å². The van der Waals surface area contributed by atoms with Crippen molar-refractivity contribution in [2.75, 3.05) is 7.11 Å². The Bertz CT molecular complexity index is 454. The molecule has 0 aliphatic heterocycles. The van der Waals surface area contributed by atoms with Gasteiger partial charge in [0.15, 0.2) is 5.84 Å². The molecule has 0 aliphatic rings. The van der Waals surface area contributed by atoms with E-state index in [1.165, 1.54) is 31.4 Å². The van der Waals surface area contributed by atoms with E-state index in [9.17, 15) is 18.0 Å². The third-order valence-corrected chi connectivity index (χ3v) is 1.84. The number of halogens is 3. The van der Waals surface area contributed by atoms with Gasteiger partial charge in [-0.15, -0.1) is 0 Å². The van der Waals surface area contributed by atoms with Crippen LogP contribution in [0.3, 0.4) is 0 Å². The first-order chi connectivity index (χ1) is 8.34. The normalized spacial score (nSPS) is 12.1. The predicted molar refractivity (Wildman–Crippen MR) is 55.9 cm³/mol. The number of carbonyl (C=O) groups excluding carboxylic acids is 1. The molecule has 0 saturated heterocycles. The first-order valence-electron chi connectivity index (χ1n) is 4.60. The molecule has 0 bridgehead atoms. The molecule has 8 heteroatoms. The van der Waals surface area contributed by atoms with Crippen molar-refractivity contribution in [2.24, 2.45) is 10.9 Å². The second kappa shape index (κ2) is 5.39. The third-order valence-electron chi connectivity index (χ3n) is 1.84. The quantitative estimate of drug-likeness (QED) is 0.387. The maximum absolute atomic E-state index is 11.8. The maximum Gasteiger partial charge on any atom is 0.493 e. The van der Waals surface area contributed by atoms with Crippen LogP contribution < -0.4 is 10.5 Å². The van der Waals surface area contributed by atoms with Crippen LogP contribution in [0.15, 0.2) is 29.4 Å². The van der Waals surface area contributed by atoms with Crippen molar-refractivity contribution in [1.82, 2.24) is 0 Å². The first-order valence-corrected chi connectivity index (χ1v) is 4.60. The second-order valence-electron chi connectivity index (χ2n) is 3.08. The molecule has 0 unspecified atom stereocenters. The minimum Gasteiger partial charge on any atom is -0.497 e. The molecule has 1 aromatic rings. The molecule has 5 nitrogen and oxygen atoms in total. The smallest absolute Gasteiger partial charge is 0.493 e. The van der Waals surface area contributed by atoms with Gasteiger partial charge in [-0.05, 0) is 24.3 Å². The van der Waals surface area contributed by atoms with Gasteiger partial charge in [0.2, 0.25) is 0 Å². The zero-order valence-corrected chi connectivity index (χ0v) is 9.19. The van der Waals surface area contributed by atoms with Gasteiger partial charge in [-0.3, -0.25) is 0 Å². The Balaban J connectivity index is 2.74. The van der Waals surface area contributed by atoms with Crippen LogP contribution in [0.4, 0.5) is 13.2 Å². The van der Waals surface area contributed by atoms with Gasteiger partial charge in [0.05, 0.1) is 7.11 Å². The van der Waals surface area contributed by atoms with Crippen molar-refractivity contribution in [3.8, 4) is 5.75 Å². The van der Waals surface area contributed by atoms with E-state index in [-0.39, 0.29) is 5.84 Å². The van der Waals surface area contributed by atoms with Gasteiger partial charge in [0, 0.05) is 5.56 Å². The summed E-state index contributed by atoms with van der Waals surface area (Å²) in [5.74, 6) is -2.24. The predicted octanol–water partition coefficient (Wildman–Crippen LogP) is 1.42. The van der Waals surface area contributed by atoms with Gasteiger partial charge >= 0.3 is 12.1 Å². The van der Waals surface area contributed by atoms with Gasteiger partial charge in [-0.25, -0.2) is 4.79 Å². The molecule has 18 heavy (non-hydrogen) atoms. The van der Waals surface area contributed by atoms with E-state index in [1.54, 1.807) is 0 Å². The zero-order valence-electron chi connectivity index (χ0n) is 9.19. The Morgan fingerprint density at radius 1 is 1.28 bits per heavy atom. The highest BCUT2D eigenvalue weighted by atomic mass is 19.4. The molecular formula is C10H9F3N2O3. The number of benzene rings is 1. The van der Waals surface area contributed by atoms with Crippen molar-refractivity contribution < 1.29 is 27.5 Å². The molecule has 1 aromatic carbocycles. The second-order valence-corrected chi connectivity index (χ2v) is 3.08. The van der Waals surface area contributed by atoms with Crippen LogP contribution >= 0.6 is 0 Å². The Hall–Kier alpha value is -2.25. The highest BCUT2D eigenvalue weighted by molar-refractivity contribution is 5.97. The number of carbonyl (C=O) groups is 1. The summed E-state index contributed by atoms with van der Waals surface area (Å²) in [5.41, 5.74) is 5.64. The summed E-state index contributed by atoms with van der Waals surface area (Å²) in [6.07, 6.45) is -5.11. The summed E-state index contributed by atoms with van der Waals surface area (Å²) in [5, 5.41) is 2.90. The number of oxime groups is 1. The van der Waals surface area contributed by atoms with Gasteiger partial charge < -0.3 is 15.3 Å². The number of amidine groups is 1. The van der Waals surface area contributed by atoms with E-state index in [0.717, 1.165) is 0 Å². The number of alkyl halides is 3. The molecule has 0 spiro atoms. The summed E-state index contributed by atoms with van der Waals surface area (Å²) in [6.45, 7) is 0. The molecule has 98 valence electrons. The molecule has 2 N–H and O–H groups in total. The van der Waals surface area contributed by atoms with Crippen LogP contribution in [0.1, 0.15) is 5.56 Å². The number of methoxy groups -OCH3 is 1. The number of rotatable bonds is 3. The van der Waals surface area contributed by atoms with Crippen molar-refractivity contribution in [3.05, 3.63) is 29.8 Å². The van der Waals surface area contributed by atoms with Crippen LogP contribution in [0.25, 0.3) is 0 Å². The van der Waals surface area contributed by atoms with Gasteiger partial charge in [0.1, 0.15) is 5.75 Å². The van der Waals surface area contributed by atoms with Crippen molar-refractivity contribution in [1.29, 1.82) is 0 Å². The number of hydrogen-bond acceptors (Lipinski definition) is 4. The Morgan fingerprint density at radius 2 is 1.83 bits per heavy atom. The molecule has 1 rings (SSSR count). The minimum atomic E-state index is -5.11. The topological polar surface area (TPSA) is 73.9 Å². The number of ether oxygens (including phenoxy) is 1. The van der Waals surface area contributed by atoms with Crippen molar-refractivity contribution in [3.63, 3.8) is 0 Å². The Kier molecular flexibility index (Phi) is 4.13. The zero-order chi connectivity index (χ0) is 13.8. The molecule has 0 amide bonds. The van der Waals surface area contributed by atoms with Crippen LogP contribution in [0, 0.1) is 0 Å². The first kappa shape index (κ1) is 13.8. The molecule has 0 heterocycles. The minimum absolute atomic E-state index is 0.297. The number of nitrogens with two attached hydrogens (primary N) is 1. The average molecular weight is 262 g/mol. The Labute approximate surface area is 100.0 Å². The lowest BCUT2D eigenvalue weighted by atomic mass is 10.2. The summed E-state index contributed by atoms with van der Waals surface area (Å²) < 4.78 is 40.3. The fourth-order valence-electron chi connectivity index (χ4n) is 0.957. The van der Waals surface area contributed by atoms with Gasteiger partial charge in [-0.1, -0.05) is 5.16 Å². The monoisotopic (exact) mass is 262 g/mol. The highest BCUT2D eigenvalue weighted by Crippen LogP contribution is 2.17.